The predicted octanol–water partition coefficient (Wildman–Crippen LogP) is 3.94. The Hall–Kier alpha value is -1.18. The van der Waals surface area contributed by atoms with E-state index in [4.69, 9.17) is 17.3 Å². The summed E-state index contributed by atoms with van der Waals surface area (Å²) in [5, 5.41) is -0.0918. The molecule has 2 aromatic rings. The monoisotopic (exact) mass is 395 g/mol. The van der Waals surface area contributed by atoms with E-state index in [0.29, 0.717) is 5.69 Å². The summed E-state index contributed by atoms with van der Waals surface area (Å²) >= 11 is 8.72. The quantitative estimate of drug-likeness (QED) is 0.631. The van der Waals surface area contributed by atoms with Gasteiger partial charge in [0.05, 0.1) is 20.1 Å². The van der Waals surface area contributed by atoms with Gasteiger partial charge in [0.2, 0.25) is 0 Å². The largest absolute Gasteiger partial charge is 0.399 e. The lowest BCUT2D eigenvalue weighted by molar-refractivity contribution is 0.552. The molecule has 0 aromatic heterocycles. The third-order valence-corrected chi connectivity index (χ3v) is 5.50. The van der Waals surface area contributed by atoms with Gasteiger partial charge in [-0.1, -0.05) is 11.6 Å². The van der Waals surface area contributed by atoms with Crippen LogP contribution in [0.5, 0.6) is 0 Å². The van der Waals surface area contributed by atoms with Crippen LogP contribution in [0, 0.1) is 11.6 Å². The number of rotatable bonds is 3. The highest BCUT2D eigenvalue weighted by molar-refractivity contribution is 9.10. The highest BCUT2D eigenvalue weighted by Gasteiger charge is 2.24. The summed E-state index contributed by atoms with van der Waals surface area (Å²) in [6.45, 7) is 0. The molecule has 3 nitrogen and oxygen atoms in total. The number of benzene rings is 2. The Morgan fingerprint density at radius 3 is 2.48 bits per heavy atom. The normalized spacial score (nSPS) is 11.6. The van der Waals surface area contributed by atoms with Gasteiger partial charge in [0, 0.05) is 11.3 Å². The molecule has 21 heavy (non-hydrogen) atoms. The molecule has 112 valence electrons. The lowest BCUT2D eigenvalue weighted by atomic mass is 10.2. The van der Waals surface area contributed by atoms with Crippen molar-refractivity contribution in [2.24, 2.45) is 0 Å². The first kappa shape index (κ1) is 16.2. The number of halogens is 4. The van der Waals surface area contributed by atoms with Gasteiger partial charge in [0.15, 0.2) is 9.84 Å². The molecule has 0 saturated carbocycles. The standard InChI is InChI=1S/C13H9BrClF2NO2S/c14-9-2-3-11(16)8(13(9)17)6-21(19,20)12-4-1-7(18)5-10(12)15/h1-5H,6,18H2. The molecule has 2 rings (SSSR count). The minimum Gasteiger partial charge on any atom is -0.399 e. The van der Waals surface area contributed by atoms with Crippen LogP contribution in [0.1, 0.15) is 5.56 Å². The molecule has 2 aromatic carbocycles. The second kappa shape index (κ2) is 5.90. The van der Waals surface area contributed by atoms with Crippen LogP contribution in [0.25, 0.3) is 0 Å². The second-order valence-electron chi connectivity index (χ2n) is 4.27. The van der Waals surface area contributed by atoms with Gasteiger partial charge in [0.1, 0.15) is 11.6 Å². The highest BCUT2D eigenvalue weighted by atomic mass is 79.9. The summed E-state index contributed by atoms with van der Waals surface area (Å²) in [4.78, 5) is -0.225. The topological polar surface area (TPSA) is 60.2 Å². The number of anilines is 1. The third-order valence-electron chi connectivity index (χ3n) is 2.76. The third kappa shape index (κ3) is 3.36. The van der Waals surface area contributed by atoms with Gasteiger partial charge in [-0.15, -0.1) is 0 Å². The smallest absolute Gasteiger partial charge is 0.184 e. The van der Waals surface area contributed by atoms with Gasteiger partial charge in [0.25, 0.3) is 0 Å². The van der Waals surface area contributed by atoms with E-state index in [1.54, 1.807) is 0 Å². The molecule has 0 aliphatic carbocycles. The molecule has 0 fully saturated rings. The van der Waals surface area contributed by atoms with E-state index in [1.807, 2.05) is 0 Å². The van der Waals surface area contributed by atoms with Crippen LogP contribution in [-0.4, -0.2) is 8.42 Å². The van der Waals surface area contributed by atoms with E-state index in [9.17, 15) is 17.2 Å². The summed E-state index contributed by atoms with van der Waals surface area (Å²) in [5.41, 5.74) is 5.23. The summed E-state index contributed by atoms with van der Waals surface area (Å²) < 4.78 is 52.1. The van der Waals surface area contributed by atoms with Crippen LogP contribution in [0.3, 0.4) is 0 Å². The van der Waals surface area contributed by atoms with Crippen LogP contribution >= 0.6 is 27.5 Å². The van der Waals surface area contributed by atoms with Crippen LogP contribution in [0.2, 0.25) is 5.02 Å². The molecular weight excluding hydrogens is 388 g/mol. The van der Waals surface area contributed by atoms with Crippen molar-refractivity contribution in [1.82, 2.24) is 0 Å². The van der Waals surface area contributed by atoms with Gasteiger partial charge < -0.3 is 5.73 Å². The molecular formula is C13H9BrClF2NO2S. The molecule has 2 N–H and O–H groups in total. The lowest BCUT2D eigenvalue weighted by Gasteiger charge is -2.09. The number of hydrogen-bond acceptors (Lipinski definition) is 3. The summed E-state index contributed by atoms with van der Waals surface area (Å²) in [6, 6.07) is 5.98. The fourth-order valence-corrected chi connectivity index (χ4v) is 4.08. The number of sulfone groups is 1. The first-order valence-electron chi connectivity index (χ1n) is 5.62. The van der Waals surface area contributed by atoms with Gasteiger partial charge in [-0.25, -0.2) is 17.2 Å². The Labute approximate surface area is 133 Å². The van der Waals surface area contributed by atoms with E-state index >= 15 is 0 Å². The van der Waals surface area contributed by atoms with Crippen LogP contribution in [-0.2, 0) is 15.6 Å². The van der Waals surface area contributed by atoms with Crippen LogP contribution < -0.4 is 5.73 Å². The van der Waals surface area contributed by atoms with E-state index in [0.717, 1.165) is 12.1 Å². The lowest BCUT2D eigenvalue weighted by Crippen LogP contribution is -2.09. The number of nitrogen functional groups attached to an aromatic ring is 1. The fourth-order valence-electron chi connectivity index (χ4n) is 1.74. The van der Waals surface area contributed by atoms with Gasteiger partial charge in [-0.3, -0.25) is 0 Å². The SMILES string of the molecule is Nc1ccc(S(=O)(=O)Cc2c(F)ccc(Br)c2F)c(Cl)c1. The molecule has 0 aliphatic rings. The first-order valence-corrected chi connectivity index (χ1v) is 8.45. The summed E-state index contributed by atoms with van der Waals surface area (Å²) in [6.07, 6.45) is 0. The van der Waals surface area contributed by atoms with Gasteiger partial charge in [-0.2, -0.15) is 0 Å². The summed E-state index contributed by atoms with van der Waals surface area (Å²) in [5.74, 6) is -2.73. The zero-order valence-corrected chi connectivity index (χ0v) is 13.6. The molecule has 0 saturated heterocycles. The number of nitrogens with two attached hydrogens (primary N) is 1. The Bertz CT molecular complexity index is 812. The van der Waals surface area contributed by atoms with Crippen molar-refractivity contribution in [3.8, 4) is 0 Å². The molecule has 0 aliphatic heterocycles. The number of hydrogen-bond donors (Lipinski definition) is 1. The Balaban J connectivity index is 2.50. The molecule has 0 atom stereocenters. The van der Waals surface area contributed by atoms with Crippen molar-refractivity contribution in [2.75, 3.05) is 5.73 Å². The van der Waals surface area contributed by atoms with E-state index in [-0.39, 0.29) is 14.4 Å². The minimum absolute atomic E-state index is 0.0162. The molecule has 8 heteroatoms. The average molecular weight is 397 g/mol. The van der Waals surface area contributed by atoms with Crippen molar-refractivity contribution in [3.05, 3.63) is 57.0 Å². The Morgan fingerprint density at radius 2 is 1.86 bits per heavy atom. The van der Waals surface area contributed by atoms with Crippen molar-refractivity contribution in [2.45, 2.75) is 10.6 Å². The maximum atomic E-state index is 13.9. The first-order chi connectivity index (χ1) is 9.72. The zero-order chi connectivity index (χ0) is 15.8. The molecule has 0 unspecified atom stereocenters. The van der Waals surface area contributed by atoms with E-state index in [2.05, 4.69) is 15.9 Å². The molecule has 0 amide bonds. The summed E-state index contributed by atoms with van der Waals surface area (Å²) in [7, 11) is -4.01. The average Bonchev–Trinajstić information content (AvgIpc) is 2.39. The Kier molecular flexibility index (Phi) is 4.55. The van der Waals surface area contributed by atoms with E-state index in [1.165, 1.54) is 18.2 Å². The highest BCUT2D eigenvalue weighted by Crippen LogP contribution is 2.29. The molecule has 0 bridgehead atoms. The van der Waals surface area contributed by atoms with Crippen molar-refractivity contribution in [3.63, 3.8) is 0 Å². The van der Waals surface area contributed by atoms with Gasteiger partial charge in [-0.05, 0) is 46.3 Å². The van der Waals surface area contributed by atoms with Crippen molar-refractivity contribution in [1.29, 1.82) is 0 Å². The maximum Gasteiger partial charge on any atom is 0.184 e. The minimum atomic E-state index is -4.01. The molecule has 0 radical (unpaired) electrons. The maximum absolute atomic E-state index is 13.9. The Morgan fingerprint density at radius 1 is 1.19 bits per heavy atom. The molecule has 0 spiro atoms. The van der Waals surface area contributed by atoms with Crippen LogP contribution in [0.15, 0.2) is 39.7 Å². The molecule has 0 heterocycles. The van der Waals surface area contributed by atoms with Crippen LogP contribution in [0.4, 0.5) is 14.5 Å². The fraction of sp³-hybridized carbons (Fsp3) is 0.0769. The van der Waals surface area contributed by atoms with Crippen molar-refractivity contribution >= 4 is 43.1 Å². The second-order valence-corrected chi connectivity index (χ2v) is 7.49. The predicted molar refractivity (Wildman–Crippen MR) is 80.8 cm³/mol. The van der Waals surface area contributed by atoms with E-state index < -0.39 is 32.8 Å². The zero-order valence-electron chi connectivity index (χ0n) is 10.4. The van der Waals surface area contributed by atoms with Crippen molar-refractivity contribution < 1.29 is 17.2 Å². The van der Waals surface area contributed by atoms with Gasteiger partial charge >= 0.3 is 0 Å².